The summed E-state index contributed by atoms with van der Waals surface area (Å²) in [6, 6.07) is 11.9. The lowest BCUT2D eigenvalue weighted by atomic mass is 9.78. The quantitative estimate of drug-likeness (QED) is 0.728. The van der Waals surface area contributed by atoms with Crippen LogP contribution in [0.25, 0.3) is 0 Å². The molecule has 0 N–H and O–H groups in total. The Morgan fingerprint density at radius 2 is 1.83 bits per heavy atom. The Hall–Kier alpha value is -0.930. The molecule has 0 aliphatic heterocycles. The van der Waals surface area contributed by atoms with E-state index in [1.165, 1.54) is 0 Å². The maximum absolute atomic E-state index is 12.7. The summed E-state index contributed by atoms with van der Waals surface area (Å²) in [6.45, 7) is 5.95. The minimum atomic E-state index is -0.494. The lowest BCUT2D eigenvalue weighted by Gasteiger charge is -2.23. The Labute approximate surface area is 120 Å². The fourth-order valence-electron chi connectivity index (χ4n) is 1.99. The van der Waals surface area contributed by atoms with Crippen LogP contribution in [0.15, 0.2) is 40.2 Å². The summed E-state index contributed by atoms with van der Waals surface area (Å²) in [5.74, 6) is 0.174. The van der Waals surface area contributed by atoms with Crippen LogP contribution in [0.3, 0.4) is 0 Å². The molecule has 1 nitrogen and oxygen atoms in total. The topological polar surface area (TPSA) is 17.1 Å². The monoisotopic (exact) mass is 322 g/mol. The molecule has 3 heteroatoms. The standard InChI is InChI=1S/C15H15BrOS/c1-10-12(9-13(16)18-10)14(17)15(2,3)11-7-5-4-6-8-11/h4-9H,1-3H3. The van der Waals surface area contributed by atoms with Crippen molar-refractivity contribution in [3.63, 3.8) is 0 Å². The first-order valence-electron chi connectivity index (χ1n) is 5.79. The normalized spacial score (nSPS) is 11.6. The summed E-state index contributed by atoms with van der Waals surface area (Å²) in [5.41, 5.74) is 1.38. The van der Waals surface area contributed by atoms with Crippen LogP contribution in [0.2, 0.25) is 0 Å². The predicted octanol–water partition coefficient (Wildman–Crippen LogP) is 4.98. The van der Waals surface area contributed by atoms with Gasteiger partial charge >= 0.3 is 0 Å². The number of ketones is 1. The highest BCUT2D eigenvalue weighted by atomic mass is 79.9. The van der Waals surface area contributed by atoms with E-state index >= 15 is 0 Å². The average Bonchev–Trinajstić information content (AvgIpc) is 2.68. The molecule has 1 aromatic carbocycles. The fourth-order valence-corrected chi connectivity index (χ4v) is 3.68. The number of hydrogen-bond acceptors (Lipinski definition) is 2. The molecule has 0 saturated carbocycles. The molecule has 0 atom stereocenters. The van der Waals surface area contributed by atoms with E-state index < -0.39 is 5.41 Å². The van der Waals surface area contributed by atoms with Crippen molar-refractivity contribution < 1.29 is 4.79 Å². The lowest BCUT2D eigenvalue weighted by Crippen LogP contribution is -2.29. The van der Waals surface area contributed by atoms with E-state index in [2.05, 4.69) is 15.9 Å². The molecular weight excluding hydrogens is 308 g/mol. The van der Waals surface area contributed by atoms with Crippen molar-refractivity contribution in [1.29, 1.82) is 0 Å². The predicted molar refractivity (Wildman–Crippen MR) is 80.6 cm³/mol. The summed E-state index contributed by atoms with van der Waals surface area (Å²) in [6.07, 6.45) is 0. The zero-order valence-electron chi connectivity index (χ0n) is 10.7. The average molecular weight is 323 g/mol. The number of Topliss-reactive ketones (excluding diaryl/α,β-unsaturated/α-hetero) is 1. The van der Waals surface area contributed by atoms with E-state index in [9.17, 15) is 4.79 Å². The van der Waals surface area contributed by atoms with Gasteiger partial charge in [-0.25, -0.2) is 0 Å². The van der Waals surface area contributed by atoms with E-state index in [1.54, 1.807) is 11.3 Å². The summed E-state index contributed by atoms with van der Waals surface area (Å²) in [5, 5.41) is 0. The molecule has 1 aromatic heterocycles. The maximum Gasteiger partial charge on any atom is 0.173 e. The van der Waals surface area contributed by atoms with Gasteiger partial charge in [0.15, 0.2) is 5.78 Å². The second-order valence-electron chi connectivity index (χ2n) is 4.84. The van der Waals surface area contributed by atoms with Crippen molar-refractivity contribution in [3.05, 3.63) is 56.2 Å². The molecule has 2 aromatic rings. The molecule has 0 aliphatic rings. The zero-order chi connectivity index (χ0) is 13.3. The van der Waals surface area contributed by atoms with Crippen LogP contribution in [0.4, 0.5) is 0 Å². The van der Waals surface area contributed by atoms with Gasteiger partial charge in [0.1, 0.15) is 0 Å². The zero-order valence-corrected chi connectivity index (χ0v) is 13.1. The lowest BCUT2D eigenvalue weighted by molar-refractivity contribution is 0.0908. The van der Waals surface area contributed by atoms with Gasteiger partial charge in [-0.15, -0.1) is 11.3 Å². The third-order valence-corrected chi connectivity index (χ3v) is 4.75. The van der Waals surface area contributed by atoms with E-state index in [4.69, 9.17) is 0 Å². The number of carbonyl (C=O) groups is 1. The molecule has 0 amide bonds. The van der Waals surface area contributed by atoms with Gasteiger partial charge in [-0.2, -0.15) is 0 Å². The van der Waals surface area contributed by atoms with Crippen LogP contribution >= 0.6 is 27.3 Å². The number of benzene rings is 1. The smallest absolute Gasteiger partial charge is 0.173 e. The first-order chi connectivity index (χ1) is 8.43. The van der Waals surface area contributed by atoms with Crippen molar-refractivity contribution in [2.45, 2.75) is 26.2 Å². The van der Waals surface area contributed by atoms with Gasteiger partial charge < -0.3 is 0 Å². The van der Waals surface area contributed by atoms with Gasteiger partial charge in [-0.05, 0) is 48.3 Å². The second-order valence-corrected chi connectivity index (χ2v) is 7.48. The number of aryl methyl sites for hydroxylation is 1. The van der Waals surface area contributed by atoms with E-state index in [0.29, 0.717) is 0 Å². The Bertz CT molecular complexity index is 569. The molecule has 0 saturated heterocycles. The van der Waals surface area contributed by atoms with Crippen molar-refractivity contribution >= 4 is 33.0 Å². The number of carbonyl (C=O) groups excluding carboxylic acids is 1. The SMILES string of the molecule is Cc1sc(Br)cc1C(=O)C(C)(C)c1ccccc1. The van der Waals surface area contributed by atoms with Gasteiger partial charge in [-0.1, -0.05) is 30.3 Å². The van der Waals surface area contributed by atoms with Crippen molar-refractivity contribution in [1.82, 2.24) is 0 Å². The van der Waals surface area contributed by atoms with E-state index in [1.807, 2.05) is 57.2 Å². The van der Waals surface area contributed by atoms with Gasteiger partial charge in [0, 0.05) is 10.4 Å². The van der Waals surface area contributed by atoms with Crippen LogP contribution in [-0.2, 0) is 5.41 Å². The molecule has 18 heavy (non-hydrogen) atoms. The minimum absolute atomic E-state index is 0.174. The van der Waals surface area contributed by atoms with Gasteiger partial charge in [0.2, 0.25) is 0 Å². The summed E-state index contributed by atoms with van der Waals surface area (Å²) < 4.78 is 1.01. The second kappa shape index (κ2) is 4.98. The highest BCUT2D eigenvalue weighted by Gasteiger charge is 2.32. The highest BCUT2D eigenvalue weighted by Crippen LogP contribution is 2.33. The highest BCUT2D eigenvalue weighted by molar-refractivity contribution is 9.11. The van der Waals surface area contributed by atoms with Gasteiger partial charge in [0.05, 0.1) is 9.20 Å². The first-order valence-corrected chi connectivity index (χ1v) is 7.40. The molecule has 0 fully saturated rings. The van der Waals surface area contributed by atoms with Crippen molar-refractivity contribution in [3.8, 4) is 0 Å². The summed E-state index contributed by atoms with van der Waals surface area (Å²) in [4.78, 5) is 13.8. The van der Waals surface area contributed by atoms with Crippen LogP contribution in [0.5, 0.6) is 0 Å². The molecule has 0 aliphatic carbocycles. The molecular formula is C15H15BrOS. The summed E-state index contributed by atoms with van der Waals surface area (Å²) in [7, 11) is 0. The molecule has 0 radical (unpaired) electrons. The maximum atomic E-state index is 12.7. The Morgan fingerprint density at radius 1 is 1.22 bits per heavy atom. The van der Waals surface area contributed by atoms with Crippen LogP contribution in [-0.4, -0.2) is 5.78 Å². The Kier molecular flexibility index (Phi) is 3.74. The molecule has 0 spiro atoms. The van der Waals surface area contributed by atoms with Crippen LogP contribution < -0.4 is 0 Å². The largest absolute Gasteiger partial charge is 0.293 e. The summed E-state index contributed by atoms with van der Waals surface area (Å²) >= 11 is 5.05. The number of rotatable bonds is 3. The van der Waals surface area contributed by atoms with Crippen LogP contribution in [0, 0.1) is 6.92 Å². The number of hydrogen-bond donors (Lipinski definition) is 0. The van der Waals surface area contributed by atoms with Crippen molar-refractivity contribution in [2.24, 2.45) is 0 Å². The third-order valence-electron chi connectivity index (χ3n) is 3.20. The number of thiophene rings is 1. The van der Waals surface area contributed by atoms with E-state index in [-0.39, 0.29) is 5.78 Å². The molecule has 0 bridgehead atoms. The van der Waals surface area contributed by atoms with E-state index in [0.717, 1.165) is 19.8 Å². The molecule has 0 unspecified atom stereocenters. The van der Waals surface area contributed by atoms with Gasteiger partial charge in [0.25, 0.3) is 0 Å². The first kappa shape index (κ1) is 13.5. The van der Waals surface area contributed by atoms with Crippen LogP contribution in [0.1, 0.15) is 34.6 Å². The molecule has 1 heterocycles. The minimum Gasteiger partial charge on any atom is -0.293 e. The Balaban J connectivity index is 2.42. The van der Waals surface area contributed by atoms with Gasteiger partial charge in [-0.3, -0.25) is 4.79 Å². The molecule has 2 rings (SSSR count). The number of halogens is 1. The fraction of sp³-hybridized carbons (Fsp3) is 0.267. The van der Waals surface area contributed by atoms with Crippen molar-refractivity contribution in [2.75, 3.05) is 0 Å². The molecule has 94 valence electrons. The Morgan fingerprint density at radius 3 is 2.33 bits per heavy atom. The third kappa shape index (κ3) is 2.43.